The summed E-state index contributed by atoms with van der Waals surface area (Å²) in [5, 5.41) is 6.59. The second-order valence-corrected chi connectivity index (χ2v) is 7.91. The van der Waals surface area contributed by atoms with Crippen molar-refractivity contribution in [2.45, 2.75) is 26.8 Å². The number of nitrogens with zero attached hydrogens (tertiary/aromatic N) is 3. The molecule has 0 saturated carbocycles. The summed E-state index contributed by atoms with van der Waals surface area (Å²) < 4.78 is 14.4. The quantitative estimate of drug-likeness (QED) is 0.486. The van der Waals surface area contributed by atoms with Crippen LogP contribution < -0.4 is 10.6 Å². The average Bonchev–Trinajstić information content (AvgIpc) is 2.73. The fourth-order valence-corrected chi connectivity index (χ4v) is 3.16. The maximum atomic E-state index is 14.4. The highest BCUT2D eigenvalue weighted by atomic mass is 35.5. The van der Waals surface area contributed by atoms with E-state index in [9.17, 15) is 9.18 Å². The molecule has 1 heterocycles. The van der Waals surface area contributed by atoms with Crippen LogP contribution in [0.1, 0.15) is 19.4 Å². The van der Waals surface area contributed by atoms with Crippen molar-refractivity contribution in [3.05, 3.63) is 65.2 Å². The van der Waals surface area contributed by atoms with Gasteiger partial charge < -0.3 is 15.5 Å². The SMILES string of the molecule is Cc1c(NC(=O)/C=C/CN(C)C(C)C)ccc2ncnc(Nc3cccc(Cl)c3F)c12. The molecular weight excluding hydrogens is 417 g/mol. The van der Waals surface area contributed by atoms with Crippen LogP contribution in [-0.4, -0.2) is 40.4 Å². The maximum Gasteiger partial charge on any atom is 0.248 e. The summed E-state index contributed by atoms with van der Waals surface area (Å²) in [5.41, 5.74) is 2.27. The molecule has 0 fully saturated rings. The van der Waals surface area contributed by atoms with E-state index in [1.165, 1.54) is 18.5 Å². The van der Waals surface area contributed by atoms with Crippen LogP contribution in [0.25, 0.3) is 10.9 Å². The molecule has 2 N–H and O–H groups in total. The molecule has 1 amide bonds. The normalized spacial score (nSPS) is 11.6. The number of fused-ring (bicyclic) bond motifs is 1. The standard InChI is InChI=1S/C23H25ClFN5O/c1-14(2)30(4)12-6-9-20(31)28-17-10-11-18-21(15(17)3)23(27-13-26-18)29-19-8-5-7-16(24)22(19)25/h5-11,13-14H,12H2,1-4H3,(H,28,31)(H,26,27,29)/b9-6+. The van der Waals surface area contributed by atoms with Crippen molar-refractivity contribution in [2.24, 2.45) is 0 Å². The molecule has 6 nitrogen and oxygen atoms in total. The first-order valence-corrected chi connectivity index (χ1v) is 10.3. The number of carbonyl (C=O) groups is 1. The smallest absolute Gasteiger partial charge is 0.248 e. The van der Waals surface area contributed by atoms with E-state index in [1.807, 2.05) is 20.0 Å². The van der Waals surface area contributed by atoms with Gasteiger partial charge in [-0.3, -0.25) is 4.79 Å². The molecule has 0 aliphatic carbocycles. The molecule has 0 aliphatic rings. The van der Waals surface area contributed by atoms with Crippen LogP contribution in [0.2, 0.25) is 5.02 Å². The van der Waals surface area contributed by atoms with E-state index in [2.05, 4.69) is 39.3 Å². The van der Waals surface area contributed by atoms with Crippen LogP contribution in [0.15, 0.2) is 48.8 Å². The minimum absolute atomic E-state index is 0.0166. The molecule has 0 aliphatic heterocycles. The Bertz CT molecular complexity index is 1130. The van der Waals surface area contributed by atoms with E-state index in [0.29, 0.717) is 35.0 Å². The zero-order valence-electron chi connectivity index (χ0n) is 17.9. The molecule has 162 valence electrons. The fourth-order valence-electron chi connectivity index (χ4n) is 2.99. The van der Waals surface area contributed by atoms with Gasteiger partial charge in [-0.25, -0.2) is 14.4 Å². The first kappa shape index (κ1) is 22.7. The van der Waals surface area contributed by atoms with Gasteiger partial charge in [0, 0.05) is 29.7 Å². The van der Waals surface area contributed by atoms with E-state index in [4.69, 9.17) is 11.6 Å². The molecule has 8 heteroatoms. The van der Waals surface area contributed by atoms with E-state index in [-0.39, 0.29) is 16.6 Å². The van der Waals surface area contributed by atoms with E-state index < -0.39 is 5.82 Å². The fraction of sp³-hybridized carbons (Fsp3) is 0.261. The lowest BCUT2D eigenvalue weighted by atomic mass is 10.1. The van der Waals surface area contributed by atoms with Gasteiger partial charge in [0.1, 0.15) is 12.1 Å². The van der Waals surface area contributed by atoms with Gasteiger partial charge in [-0.15, -0.1) is 0 Å². The average molecular weight is 442 g/mol. The molecule has 2 aromatic carbocycles. The van der Waals surface area contributed by atoms with Gasteiger partial charge in [-0.1, -0.05) is 23.7 Å². The summed E-state index contributed by atoms with van der Waals surface area (Å²) >= 11 is 5.89. The predicted molar refractivity (Wildman–Crippen MR) is 125 cm³/mol. The van der Waals surface area contributed by atoms with E-state index in [1.54, 1.807) is 24.3 Å². The second-order valence-electron chi connectivity index (χ2n) is 7.51. The number of aromatic nitrogens is 2. The van der Waals surface area contributed by atoms with Crippen LogP contribution in [0.5, 0.6) is 0 Å². The number of rotatable bonds is 7. The van der Waals surface area contributed by atoms with Crippen LogP contribution in [0.3, 0.4) is 0 Å². The molecule has 0 atom stereocenters. The Morgan fingerprint density at radius 2 is 2.00 bits per heavy atom. The van der Waals surface area contributed by atoms with E-state index in [0.717, 1.165) is 5.56 Å². The Morgan fingerprint density at radius 3 is 2.74 bits per heavy atom. The van der Waals surface area contributed by atoms with Gasteiger partial charge in [0.25, 0.3) is 0 Å². The molecule has 0 saturated heterocycles. The summed E-state index contributed by atoms with van der Waals surface area (Å²) in [5.74, 6) is -0.366. The predicted octanol–water partition coefficient (Wildman–Crippen LogP) is 5.31. The number of nitrogens with one attached hydrogen (secondary N) is 2. The molecular formula is C23H25ClFN5O. The van der Waals surface area contributed by atoms with Crippen molar-refractivity contribution >= 4 is 45.6 Å². The lowest BCUT2D eigenvalue weighted by Crippen LogP contribution is -2.26. The third-order valence-corrected chi connectivity index (χ3v) is 5.36. The number of likely N-dealkylation sites (N-methyl/N-ethyl adjacent to an activating group) is 1. The lowest BCUT2D eigenvalue weighted by molar-refractivity contribution is -0.111. The van der Waals surface area contributed by atoms with Crippen LogP contribution >= 0.6 is 11.6 Å². The van der Waals surface area contributed by atoms with Crippen molar-refractivity contribution in [3.63, 3.8) is 0 Å². The molecule has 0 unspecified atom stereocenters. The Balaban J connectivity index is 1.87. The highest BCUT2D eigenvalue weighted by Gasteiger charge is 2.14. The van der Waals surface area contributed by atoms with Gasteiger partial charge in [-0.05, 0) is 57.6 Å². The molecule has 31 heavy (non-hydrogen) atoms. The monoisotopic (exact) mass is 441 g/mol. The Hall–Kier alpha value is -3.03. The van der Waals surface area contributed by atoms with Crippen molar-refractivity contribution in [1.29, 1.82) is 0 Å². The van der Waals surface area contributed by atoms with Gasteiger partial charge in [0.05, 0.1) is 16.2 Å². The third kappa shape index (κ3) is 5.37. The third-order valence-electron chi connectivity index (χ3n) is 5.07. The van der Waals surface area contributed by atoms with Crippen molar-refractivity contribution in [3.8, 4) is 0 Å². The number of carbonyl (C=O) groups excluding carboxylic acids is 1. The van der Waals surface area contributed by atoms with Crippen molar-refractivity contribution in [2.75, 3.05) is 24.2 Å². The highest BCUT2D eigenvalue weighted by molar-refractivity contribution is 6.31. The molecule has 0 bridgehead atoms. The lowest BCUT2D eigenvalue weighted by Gasteiger charge is -2.18. The van der Waals surface area contributed by atoms with Gasteiger partial charge in [0.15, 0.2) is 5.82 Å². The summed E-state index contributed by atoms with van der Waals surface area (Å²) in [6, 6.07) is 8.68. The Morgan fingerprint density at radius 1 is 1.23 bits per heavy atom. The van der Waals surface area contributed by atoms with Crippen molar-refractivity contribution < 1.29 is 9.18 Å². The molecule has 3 rings (SSSR count). The minimum atomic E-state index is -0.561. The van der Waals surface area contributed by atoms with Crippen LogP contribution in [0, 0.1) is 12.7 Å². The Kier molecular flexibility index (Phi) is 7.20. The number of aryl methyl sites for hydroxylation is 1. The summed E-state index contributed by atoms with van der Waals surface area (Å²) in [7, 11) is 2.00. The molecule has 3 aromatic rings. The van der Waals surface area contributed by atoms with Crippen LogP contribution in [-0.2, 0) is 4.79 Å². The number of hydrogen-bond acceptors (Lipinski definition) is 5. The Labute approximate surface area is 186 Å². The summed E-state index contributed by atoms with van der Waals surface area (Å²) in [6.45, 7) is 6.72. The van der Waals surface area contributed by atoms with Crippen molar-refractivity contribution in [1.82, 2.24) is 14.9 Å². The highest BCUT2D eigenvalue weighted by Crippen LogP contribution is 2.32. The van der Waals surface area contributed by atoms with Crippen LogP contribution in [0.4, 0.5) is 21.6 Å². The minimum Gasteiger partial charge on any atom is -0.337 e. The van der Waals surface area contributed by atoms with E-state index >= 15 is 0 Å². The van der Waals surface area contributed by atoms with Gasteiger partial charge in [-0.2, -0.15) is 0 Å². The first-order chi connectivity index (χ1) is 14.8. The van der Waals surface area contributed by atoms with Gasteiger partial charge >= 0.3 is 0 Å². The zero-order valence-corrected chi connectivity index (χ0v) is 18.7. The number of amides is 1. The zero-order chi connectivity index (χ0) is 22.5. The number of anilines is 3. The largest absolute Gasteiger partial charge is 0.337 e. The first-order valence-electron chi connectivity index (χ1n) is 9.91. The maximum absolute atomic E-state index is 14.4. The number of benzene rings is 2. The summed E-state index contributed by atoms with van der Waals surface area (Å²) in [6.07, 6.45) is 4.74. The summed E-state index contributed by atoms with van der Waals surface area (Å²) in [4.78, 5) is 23.1. The molecule has 0 radical (unpaired) electrons. The van der Waals surface area contributed by atoms with Gasteiger partial charge in [0.2, 0.25) is 5.91 Å². The molecule has 1 aromatic heterocycles. The number of halogens is 2. The number of hydrogen-bond donors (Lipinski definition) is 2. The second kappa shape index (κ2) is 9.85. The molecule has 0 spiro atoms. The topological polar surface area (TPSA) is 70.2 Å².